The van der Waals surface area contributed by atoms with Crippen molar-refractivity contribution in [2.24, 2.45) is 5.73 Å². The molecule has 1 aromatic carbocycles. The van der Waals surface area contributed by atoms with E-state index in [1.54, 1.807) is 24.3 Å². The highest BCUT2D eigenvalue weighted by molar-refractivity contribution is 5.93. The molecule has 2 heterocycles. The van der Waals surface area contributed by atoms with Gasteiger partial charge in [-0.05, 0) is 18.6 Å². The number of carbonyl (C=O) groups is 1. The van der Waals surface area contributed by atoms with Crippen LogP contribution in [0.5, 0.6) is 0 Å². The van der Waals surface area contributed by atoms with Crippen LogP contribution in [0.1, 0.15) is 42.2 Å². The van der Waals surface area contributed by atoms with Crippen LogP contribution < -0.4 is 5.73 Å². The number of nitrogens with zero attached hydrogens (tertiary/aromatic N) is 3. The van der Waals surface area contributed by atoms with Crippen LogP contribution in [-0.2, 0) is 0 Å². The zero-order valence-corrected chi connectivity index (χ0v) is 12.8. The van der Waals surface area contributed by atoms with Crippen molar-refractivity contribution in [1.82, 2.24) is 15.3 Å². The SMILES string of the molecule is CCC(C)c1cc(-c2nc(-c3ccc(C(N)=O)cc3)no2)on1. The van der Waals surface area contributed by atoms with Gasteiger partial charge in [0.15, 0.2) is 0 Å². The minimum Gasteiger partial charge on any atom is -0.366 e. The molecule has 2 aromatic heterocycles. The Morgan fingerprint density at radius 3 is 2.61 bits per heavy atom. The Kier molecular flexibility index (Phi) is 3.92. The maximum absolute atomic E-state index is 11.1. The predicted molar refractivity (Wildman–Crippen MR) is 82.5 cm³/mol. The molecule has 0 aliphatic carbocycles. The van der Waals surface area contributed by atoms with Crippen molar-refractivity contribution in [2.45, 2.75) is 26.2 Å². The van der Waals surface area contributed by atoms with E-state index >= 15 is 0 Å². The zero-order chi connectivity index (χ0) is 16.4. The van der Waals surface area contributed by atoms with Crippen molar-refractivity contribution in [3.05, 3.63) is 41.6 Å². The van der Waals surface area contributed by atoms with E-state index in [0.29, 0.717) is 28.6 Å². The van der Waals surface area contributed by atoms with Gasteiger partial charge in [-0.3, -0.25) is 4.79 Å². The Balaban J connectivity index is 1.85. The third-order valence-corrected chi connectivity index (χ3v) is 3.71. The molecule has 1 unspecified atom stereocenters. The molecular weight excluding hydrogens is 296 g/mol. The zero-order valence-electron chi connectivity index (χ0n) is 12.8. The third-order valence-electron chi connectivity index (χ3n) is 3.71. The van der Waals surface area contributed by atoms with Gasteiger partial charge in [-0.25, -0.2) is 0 Å². The van der Waals surface area contributed by atoms with Gasteiger partial charge in [-0.2, -0.15) is 4.98 Å². The van der Waals surface area contributed by atoms with E-state index in [0.717, 1.165) is 12.1 Å². The van der Waals surface area contributed by atoms with Gasteiger partial charge in [0, 0.05) is 23.1 Å². The van der Waals surface area contributed by atoms with Crippen molar-refractivity contribution in [1.29, 1.82) is 0 Å². The normalized spacial score (nSPS) is 12.3. The first-order valence-corrected chi connectivity index (χ1v) is 7.29. The summed E-state index contributed by atoms with van der Waals surface area (Å²) in [5.74, 6) is 0.923. The molecule has 3 rings (SSSR count). The van der Waals surface area contributed by atoms with E-state index in [9.17, 15) is 4.79 Å². The van der Waals surface area contributed by atoms with Crippen LogP contribution in [0, 0.1) is 0 Å². The van der Waals surface area contributed by atoms with Crippen LogP contribution in [0.25, 0.3) is 23.0 Å². The Bertz CT molecular complexity index is 820. The smallest absolute Gasteiger partial charge is 0.296 e. The maximum Gasteiger partial charge on any atom is 0.296 e. The highest BCUT2D eigenvalue weighted by Crippen LogP contribution is 2.26. The number of benzene rings is 1. The van der Waals surface area contributed by atoms with Gasteiger partial charge in [0.2, 0.25) is 17.5 Å². The molecule has 1 amide bonds. The van der Waals surface area contributed by atoms with Crippen LogP contribution >= 0.6 is 0 Å². The van der Waals surface area contributed by atoms with E-state index in [1.807, 2.05) is 6.07 Å². The van der Waals surface area contributed by atoms with Gasteiger partial charge in [-0.15, -0.1) is 0 Å². The van der Waals surface area contributed by atoms with E-state index in [2.05, 4.69) is 29.1 Å². The number of carbonyl (C=O) groups excluding carboxylic acids is 1. The Morgan fingerprint density at radius 2 is 1.96 bits per heavy atom. The summed E-state index contributed by atoms with van der Waals surface area (Å²) < 4.78 is 10.5. The van der Waals surface area contributed by atoms with Crippen molar-refractivity contribution in [3.8, 4) is 23.0 Å². The number of hydrogen-bond acceptors (Lipinski definition) is 6. The van der Waals surface area contributed by atoms with Gasteiger partial charge >= 0.3 is 0 Å². The first-order chi connectivity index (χ1) is 11.1. The third kappa shape index (κ3) is 2.98. The average molecular weight is 312 g/mol. The standard InChI is InChI=1S/C16H16N4O3/c1-3-9(2)12-8-13(22-19-12)16-18-15(20-23-16)11-6-4-10(5-7-11)14(17)21/h4-9H,3H2,1-2H3,(H2,17,21). The summed E-state index contributed by atoms with van der Waals surface area (Å²) in [7, 11) is 0. The highest BCUT2D eigenvalue weighted by atomic mass is 16.5. The largest absolute Gasteiger partial charge is 0.366 e. The van der Waals surface area contributed by atoms with Gasteiger partial charge in [0.25, 0.3) is 5.89 Å². The second kappa shape index (κ2) is 6.04. The van der Waals surface area contributed by atoms with Gasteiger partial charge in [0.1, 0.15) is 0 Å². The van der Waals surface area contributed by atoms with Crippen LogP contribution in [-0.4, -0.2) is 21.2 Å². The minimum absolute atomic E-state index is 0.265. The molecule has 0 bridgehead atoms. The van der Waals surface area contributed by atoms with E-state index in [4.69, 9.17) is 14.8 Å². The second-order valence-corrected chi connectivity index (χ2v) is 5.29. The van der Waals surface area contributed by atoms with Gasteiger partial charge < -0.3 is 14.8 Å². The van der Waals surface area contributed by atoms with Crippen molar-refractivity contribution >= 4 is 5.91 Å². The number of amides is 1. The fourth-order valence-electron chi connectivity index (χ4n) is 2.06. The molecule has 0 saturated heterocycles. The van der Waals surface area contributed by atoms with Crippen molar-refractivity contribution in [3.63, 3.8) is 0 Å². The first kappa shape index (κ1) is 15.0. The van der Waals surface area contributed by atoms with Crippen LogP contribution in [0.4, 0.5) is 0 Å². The molecule has 7 heteroatoms. The Labute approximate surface area is 132 Å². The number of hydrogen-bond donors (Lipinski definition) is 1. The summed E-state index contributed by atoms with van der Waals surface area (Å²) in [6, 6.07) is 8.45. The molecule has 1 atom stereocenters. The lowest BCUT2D eigenvalue weighted by atomic mass is 10.1. The summed E-state index contributed by atoms with van der Waals surface area (Å²) >= 11 is 0. The van der Waals surface area contributed by atoms with E-state index in [1.165, 1.54) is 0 Å². The molecule has 7 nitrogen and oxygen atoms in total. The fourth-order valence-corrected chi connectivity index (χ4v) is 2.06. The van der Waals surface area contributed by atoms with Crippen molar-refractivity contribution in [2.75, 3.05) is 0 Å². The molecule has 0 spiro atoms. The molecule has 2 N–H and O–H groups in total. The minimum atomic E-state index is -0.482. The summed E-state index contributed by atoms with van der Waals surface area (Å²) in [6.45, 7) is 4.15. The predicted octanol–water partition coefficient (Wildman–Crippen LogP) is 3.00. The number of aromatic nitrogens is 3. The molecule has 23 heavy (non-hydrogen) atoms. The Hall–Kier alpha value is -2.96. The number of primary amides is 1. The monoisotopic (exact) mass is 312 g/mol. The molecule has 0 radical (unpaired) electrons. The van der Waals surface area contributed by atoms with Gasteiger partial charge in [0.05, 0.1) is 5.69 Å². The lowest BCUT2D eigenvalue weighted by Crippen LogP contribution is -2.10. The van der Waals surface area contributed by atoms with Crippen LogP contribution in [0.3, 0.4) is 0 Å². The number of rotatable bonds is 5. The Morgan fingerprint density at radius 1 is 1.22 bits per heavy atom. The highest BCUT2D eigenvalue weighted by Gasteiger charge is 2.17. The quantitative estimate of drug-likeness (QED) is 0.775. The maximum atomic E-state index is 11.1. The van der Waals surface area contributed by atoms with E-state index < -0.39 is 5.91 Å². The molecule has 0 fully saturated rings. The number of nitrogens with two attached hydrogens (primary N) is 1. The summed E-state index contributed by atoms with van der Waals surface area (Å²) in [6.07, 6.45) is 0.966. The summed E-state index contributed by atoms with van der Waals surface area (Å²) in [5, 5.41) is 7.94. The lowest BCUT2D eigenvalue weighted by molar-refractivity contribution is 0.100. The molecule has 3 aromatic rings. The van der Waals surface area contributed by atoms with E-state index in [-0.39, 0.29) is 5.89 Å². The topological polar surface area (TPSA) is 108 Å². The molecule has 0 aliphatic rings. The van der Waals surface area contributed by atoms with Crippen LogP contribution in [0.2, 0.25) is 0 Å². The summed E-state index contributed by atoms with van der Waals surface area (Å²) in [4.78, 5) is 15.4. The van der Waals surface area contributed by atoms with Gasteiger partial charge in [-0.1, -0.05) is 36.3 Å². The molecule has 0 saturated carbocycles. The summed E-state index contributed by atoms with van der Waals surface area (Å²) in [5.41, 5.74) is 7.20. The lowest BCUT2D eigenvalue weighted by Gasteiger charge is -1.99. The second-order valence-electron chi connectivity index (χ2n) is 5.29. The molecule has 118 valence electrons. The first-order valence-electron chi connectivity index (χ1n) is 7.29. The molecule has 0 aliphatic heterocycles. The average Bonchev–Trinajstić information content (AvgIpc) is 3.23. The van der Waals surface area contributed by atoms with Crippen molar-refractivity contribution < 1.29 is 13.8 Å². The fraction of sp³-hybridized carbons (Fsp3) is 0.250. The van der Waals surface area contributed by atoms with Crippen LogP contribution in [0.15, 0.2) is 39.4 Å². The molecular formula is C16H16N4O3.